The van der Waals surface area contributed by atoms with Crippen molar-refractivity contribution in [3.05, 3.63) is 60.8 Å². The van der Waals surface area contributed by atoms with Crippen LogP contribution in [0.2, 0.25) is 0 Å². The van der Waals surface area contributed by atoms with Gasteiger partial charge in [0.15, 0.2) is 23.9 Å². The Morgan fingerprint density at radius 2 is 1.66 bits per heavy atom. The molecule has 9 heteroatoms. The Hall–Kier alpha value is -3.88. The summed E-state index contributed by atoms with van der Waals surface area (Å²) >= 11 is 0. The molecule has 0 radical (unpaired) electrons. The van der Waals surface area contributed by atoms with E-state index in [0.29, 0.717) is 42.0 Å². The van der Waals surface area contributed by atoms with Crippen molar-refractivity contribution >= 4 is 23.4 Å². The second-order valence-electron chi connectivity index (χ2n) is 5.86. The molecule has 0 aliphatic rings. The van der Waals surface area contributed by atoms with Crippen LogP contribution in [0.4, 0.5) is 17.5 Å². The number of para-hydroxylation sites is 2. The molecule has 0 spiro atoms. The van der Waals surface area contributed by atoms with Crippen LogP contribution >= 0.6 is 0 Å². The van der Waals surface area contributed by atoms with Crippen LogP contribution in [-0.2, 0) is 4.79 Å². The number of hydrogen-bond donors (Lipinski definition) is 3. The van der Waals surface area contributed by atoms with Crippen molar-refractivity contribution < 1.29 is 14.3 Å². The Morgan fingerprint density at radius 3 is 2.38 bits per heavy atom. The summed E-state index contributed by atoms with van der Waals surface area (Å²) in [4.78, 5) is 16.1. The van der Waals surface area contributed by atoms with Gasteiger partial charge in [-0.15, -0.1) is 10.2 Å². The number of carbonyl (C=O) groups excluding carboxylic acids is 1. The van der Waals surface area contributed by atoms with Gasteiger partial charge in [-0.1, -0.05) is 18.2 Å². The van der Waals surface area contributed by atoms with Gasteiger partial charge in [0.05, 0.1) is 7.11 Å². The van der Waals surface area contributed by atoms with Crippen LogP contribution in [0.3, 0.4) is 0 Å². The highest BCUT2D eigenvalue weighted by Crippen LogP contribution is 2.25. The van der Waals surface area contributed by atoms with E-state index in [1.54, 1.807) is 37.6 Å². The summed E-state index contributed by atoms with van der Waals surface area (Å²) in [6.45, 7) is 0.833. The lowest BCUT2D eigenvalue weighted by molar-refractivity contribution is -0.123. The third-order valence-corrected chi connectivity index (χ3v) is 3.77. The highest BCUT2D eigenvalue weighted by atomic mass is 16.5. The number of hydrogen-bond acceptors (Lipinski definition) is 8. The van der Waals surface area contributed by atoms with Gasteiger partial charge in [0.2, 0.25) is 0 Å². The Labute approximate surface area is 168 Å². The van der Waals surface area contributed by atoms with Gasteiger partial charge in [0.25, 0.3) is 5.91 Å². The van der Waals surface area contributed by atoms with Crippen LogP contribution < -0.4 is 25.4 Å². The molecule has 0 aliphatic heterocycles. The minimum Gasteiger partial charge on any atom is -0.493 e. The Morgan fingerprint density at radius 1 is 0.897 bits per heavy atom. The van der Waals surface area contributed by atoms with Gasteiger partial charge in [-0.2, -0.15) is 0 Å². The summed E-state index contributed by atoms with van der Waals surface area (Å²) in [5, 5.41) is 17.1. The number of pyridine rings is 1. The third kappa shape index (κ3) is 6.35. The fraction of sp³-hybridized carbons (Fsp3) is 0.200. The fourth-order valence-corrected chi connectivity index (χ4v) is 2.39. The second-order valence-corrected chi connectivity index (χ2v) is 5.86. The van der Waals surface area contributed by atoms with Crippen molar-refractivity contribution in [1.29, 1.82) is 0 Å². The first-order chi connectivity index (χ1) is 14.2. The van der Waals surface area contributed by atoms with Gasteiger partial charge in [-0.25, -0.2) is 4.98 Å². The maximum atomic E-state index is 11.9. The molecule has 3 N–H and O–H groups in total. The first-order valence-electron chi connectivity index (χ1n) is 9.03. The average molecular weight is 394 g/mol. The van der Waals surface area contributed by atoms with E-state index in [2.05, 4.69) is 31.1 Å². The molecule has 1 aromatic carbocycles. The van der Waals surface area contributed by atoms with Gasteiger partial charge >= 0.3 is 0 Å². The van der Waals surface area contributed by atoms with E-state index in [9.17, 15) is 4.79 Å². The molecule has 29 heavy (non-hydrogen) atoms. The minimum atomic E-state index is -0.223. The number of rotatable bonds is 10. The molecule has 9 nitrogen and oxygen atoms in total. The number of nitrogens with zero attached hydrogens (tertiary/aromatic N) is 3. The zero-order chi connectivity index (χ0) is 20.3. The topological polar surface area (TPSA) is 110 Å². The summed E-state index contributed by atoms with van der Waals surface area (Å²) in [6.07, 6.45) is 1.70. The van der Waals surface area contributed by atoms with Crippen molar-refractivity contribution in [2.75, 3.05) is 37.4 Å². The summed E-state index contributed by atoms with van der Waals surface area (Å²) < 4.78 is 10.7. The molecule has 2 heterocycles. The molecule has 2 aromatic heterocycles. The molecular weight excluding hydrogens is 372 g/mol. The molecule has 150 valence electrons. The van der Waals surface area contributed by atoms with E-state index in [1.807, 2.05) is 30.3 Å². The zero-order valence-corrected chi connectivity index (χ0v) is 16.0. The van der Waals surface area contributed by atoms with E-state index in [0.717, 1.165) is 0 Å². The summed E-state index contributed by atoms with van der Waals surface area (Å²) in [5.74, 6) is 2.78. The number of benzene rings is 1. The first-order valence-corrected chi connectivity index (χ1v) is 9.03. The second kappa shape index (κ2) is 10.5. The number of methoxy groups -OCH3 is 1. The van der Waals surface area contributed by atoms with Crippen molar-refractivity contribution in [3.8, 4) is 11.5 Å². The Bertz CT molecular complexity index is 906. The van der Waals surface area contributed by atoms with E-state index < -0.39 is 0 Å². The van der Waals surface area contributed by atoms with Crippen LogP contribution in [0, 0.1) is 0 Å². The van der Waals surface area contributed by atoms with Gasteiger partial charge in [-0.3, -0.25) is 4.79 Å². The maximum Gasteiger partial charge on any atom is 0.258 e. The smallest absolute Gasteiger partial charge is 0.258 e. The lowest BCUT2D eigenvalue weighted by atomic mass is 10.3. The SMILES string of the molecule is COc1ccccc1OCC(=O)NCCNc1ccc(Nc2ccccn2)nn1. The predicted molar refractivity (Wildman–Crippen MR) is 110 cm³/mol. The van der Waals surface area contributed by atoms with Gasteiger partial charge in [0, 0.05) is 19.3 Å². The van der Waals surface area contributed by atoms with Gasteiger partial charge in [0.1, 0.15) is 11.6 Å². The lowest BCUT2D eigenvalue weighted by Gasteiger charge is -2.11. The summed E-state index contributed by atoms with van der Waals surface area (Å²) in [5.41, 5.74) is 0. The molecule has 1 amide bonds. The predicted octanol–water partition coefficient (Wildman–Crippen LogP) is 2.23. The largest absolute Gasteiger partial charge is 0.493 e. The summed E-state index contributed by atoms with van der Waals surface area (Å²) in [6, 6.07) is 16.3. The van der Waals surface area contributed by atoms with Crippen molar-refractivity contribution in [2.45, 2.75) is 0 Å². The fourth-order valence-electron chi connectivity index (χ4n) is 2.39. The van der Waals surface area contributed by atoms with Crippen LogP contribution in [0.5, 0.6) is 11.5 Å². The molecule has 0 saturated heterocycles. The summed E-state index contributed by atoms with van der Waals surface area (Å²) in [7, 11) is 1.55. The first kappa shape index (κ1) is 19.9. The Kier molecular flexibility index (Phi) is 7.16. The van der Waals surface area contributed by atoms with Gasteiger partial charge < -0.3 is 25.4 Å². The lowest BCUT2D eigenvalue weighted by Crippen LogP contribution is -2.32. The number of anilines is 3. The van der Waals surface area contributed by atoms with Crippen LogP contribution in [-0.4, -0.2) is 47.9 Å². The van der Waals surface area contributed by atoms with E-state index in [4.69, 9.17) is 9.47 Å². The van der Waals surface area contributed by atoms with Crippen LogP contribution in [0.1, 0.15) is 0 Å². The van der Waals surface area contributed by atoms with Crippen LogP contribution in [0.25, 0.3) is 0 Å². The number of ether oxygens (including phenoxy) is 2. The minimum absolute atomic E-state index is 0.0892. The number of nitrogens with one attached hydrogen (secondary N) is 3. The molecule has 0 fully saturated rings. The molecular formula is C20H22N6O3. The third-order valence-electron chi connectivity index (χ3n) is 3.77. The van der Waals surface area contributed by atoms with E-state index in [-0.39, 0.29) is 12.5 Å². The Balaban J connectivity index is 1.35. The normalized spacial score (nSPS) is 10.1. The average Bonchev–Trinajstić information content (AvgIpc) is 2.77. The maximum absolute atomic E-state index is 11.9. The van der Waals surface area contributed by atoms with Crippen molar-refractivity contribution in [1.82, 2.24) is 20.5 Å². The number of carbonyl (C=O) groups is 1. The van der Waals surface area contributed by atoms with Crippen molar-refractivity contribution in [3.63, 3.8) is 0 Å². The molecule has 3 aromatic rings. The van der Waals surface area contributed by atoms with Gasteiger partial charge in [-0.05, 0) is 36.4 Å². The van der Waals surface area contributed by atoms with Crippen LogP contribution in [0.15, 0.2) is 60.8 Å². The number of aromatic nitrogens is 3. The molecule has 0 bridgehead atoms. The molecule has 3 rings (SSSR count). The molecule has 0 atom stereocenters. The zero-order valence-electron chi connectivity index (χ0n) is 16.0. The van der Waals surface area contributed by atoms with E-state index >= 15 is 0 Å². The van der Waals surface area contributed by atoms with E-state index in [1.165, 1.54) is 0 Å². The quantitative estimate of drug-likeness (QED) is 0.449. The standard InChI is InChI=1S/C20H22N6O3/c1-28-15-6-2-3-7-16(15)29-14-20(27)23-13-12-22-18-9-10-19(26-25-18)24-17-8-4-5-11-21-17/h2-11H,12-14H2,1H3,(H,22,25)(H,23,27)(H,21,24,26). The monoisotopic (exact) mass is 394 g/mol. The highest BCUT2D eigenvalue weighted by molar-refractivity contribution is 5.77. The highest BCUT2D eigenvalue weighted by Gasteiger charge is 2.06. The number of amides is 1. The molecule has 0 unspecified atom stereocenters. The van der Waals surface area contributed by atoms with Crippen molar-refractivity contribution in [2.24, 2.45) is 0 Å². The molecule has 0 aliphatic carbocycles. The molecule has 0 saturated carbocycles.